The summed E-state index contributed by atoms with van der Waals surface area (Å²) in [6.45, 7) is 8.03. The molecule has 3 aromatic rings. The third-order valence-electron chi connectivity index (χ3n) is 5.31. The maximum Gasteiger partial charge on any atom is 0.287 e. The van der Waals surface area contributed by atoms with Gasteiger partial charge in [-0.1, -0.05) is 19.9 Å². The van der Waals surface area contributed by atoms with Crippen molar-refractivity contribution in [3.05, 3.63) is 36.2 Å². The summed E-state index contributed by atoms with van der Waals surface area (Å²) in [5, 5.41) is 11.7. The van der Waals surface area contributed by atoms with Crippen LogP contribution in [0.5, 0.6) is 0 Å². The van der Waals surface area contributed by atoms with E-state index in [-0.39, 0.29) is 17.4 Å². The number of nitrogens with zero attached hydrogens (tertiary/aromatic N) is 5. The van der Waals surface area contributed by atoms with Crippen molar-refractivity contribution in [2.75, 3.05) is 23.3 Å². The molecule has 0 aliphatic carbocycles. The van der Waals surface area contributed by atoms with Gasteiger partial charge in [-0.25, -0.2) is 14.6 Å². The number of carbonyl (C=O) groups excluding carboxylic acids is 1. The third-order valence-corrected chi connectivity index (χ3v) is 5.31. The zero-order valence-corrected chi connectivity index (χ0v) is 18.6. The molecule has 0 bridgehead atoms. The van der Waals surface area contributed by atoms with E-state index < -0.39 is 5.92 Å². The van der Waals surface area contributed by atoms with Crippen molar-refractivity contribution < 1.29 is 13.6 Å². The van der Waals surface area contributed by atoms with E-state index in [1.54, 1.807) is 18.3 Å². The Hall–Kier alpha value is -3.14. The lowest BCUT2D eigenvalue weighted by atomic mass is 10.2. The number of carbonyl (C=O) groups is 1. The van der Waals surface area contributed by atoms with Gasteiger partial charge in [0.25, 0.3) is 5.92 Å². The summed E-state index contributed by atoms with van der Waals surface area (Å²) < 4.78 is 29.3. The van der Waals surface area contributed by atoms with Crippen LogP contribution in [-0.2, 0) is 10.7 Å². The number of amides is 1. The van der Waals surface area contributed by atoms with Crippen molar-refractivity contribution in [2.45, 2.75) is 52.1 Å². The molecule has 0 aromatic carbocycles. The van der Waals surface area contributed by atoms with Crippen molar-refractivity contribution in [3.63, 3.8) is 0 Å². The minimum atomic E-state index is -3.07. The van der Waals surface area contributed by atoms with Crippen molar-refractivity contribution in [2.24, 2.45) is 0 Å². The average Bonchev–Trinajstić information content (AvgIpc) is 3.30. The monoisotopic (exact) mass is 443 g/mol. The number of fused-ring (bicyclic) bond motifs is 1. The molecule has 4 rings (SSSR count). The number of halogens is 2. The SMILES string of the molecule is CC(=O)Nc1cc2c(cn1)c(N1CC[C@@H](NC(C)C)C1)nn2-c1cccc(C(C)(F)F)n1. The van der Waals surface area contributed by atoms with Crippen LogP contribution < -0.4 is 15.5 Å². The first kappa shape index (κ1) is 22.1. The van der Waals surface area contributed by atoms with Gasteiger partial charge in [-0.2, -0.15) is 8.78 Å². The first-order valence-corrected chi connectivity index (χ1v) is 10.6. The molecule has 32 heavy (non-hydrogen) atoms. The van der Waals surface area contributed by atoms with Gasteiger partial charge >= 0.3 is 0 Å². The third kappa shape index (κ3) is 4.55. The second kappa shape index (κ2) is 8.42. The van der Waals surface area contributed by atoms with E-state index in [0.29, 0.717) is 29.2 Å². The first-order valence-electron chi connectivity index (χ1n) is 10.6. The summed E-state index contributed by atoms with van der Waals surface area (Å²) in [5.41, 5.74) is 0.293. The molecule has 1 saturated heterocycles. The number of rotatable bonds is 6. The Morgan fingerprint density at radius 3 is 2.78 bits per heavy atom. The molecule has 1 amide bonds. The summed E-state index contributed by atoms with van der Waals surface area (Å²) in [5.74, 6) is -1.98. The van der Waals surface area contributed by atoms with Gasteiger partial charge in [0.2, 0.25) is 5.91 Å². The van der Waals surface area contributed by atoms with Gasteiger partial charge in [0, 0.05) is 51.3 Å². The highest BCUT2D eigenvalue weighted by Crippen LogP contribution is 2.32. The Balaban J connectivity index is 1.80. The molecule has 0 radical (unpaired) electrons. The maximum atomic E-state index is 13.9. The van der Waals surface area contributed by atoms with Gasteiger partial charge in [0.05, 0.1) is 10.9 Å². The summed E-state index contributed by atoms with van der Waals surface area (Å²) in [4.78, 5) is 22.2. The van der Waals surface area contributed by atoms with Crippen LogP contribution in [-0.4, -0.2) is 50.8 Å². The first-order chi connectivity index (χ1) is 15.1. The fraction of sp³-hybridized carbons (Fsp3) is 0.455. The molecule has 1 aliphatic rings. The number of anilines is 2. The summed E-state index contributed by atoms with van der Waals surface area (Å²) in [6.07, 6.45) is 2.63. The highest BCUT2D eigenvalue weighted by Gasteiger charge is 2.29. The van der Waals surface area contributed by atoms with E-state index in [0.717, 1.165) is 31.8 Å². The Morgan fingerprint density at radius 2 is 2.09 bits per heavy atom. The molecular formula is C22H27F2N7O. The van der Waals surface area contributed by atoms with Crippen molar-refractivity contribution >= 4 is 28.4 Å². The smallest absolute Gasteiger partial charge is 0.287 e. The zero-order chi connectivity index (χ0) is 23.0. The van der Waals surface area contributed by atoms with Crippen LogP contribution in [0.2, 0.25) is 0 Å². The van der Waals surface area contributed by atoms with Crippen molar-refractivity contribution in [3.8, 4) is 5.82 Å². The van der Waals surface area contributed by atoms with E-state index in [1.807, 2.05) is 0 Å². The van der Waals surface area contributed by atoms with Crippen LogP contribution in [0.4, 0.5) is 20.4 Å². The molecule has 10 heteroatoms. The molecule has 4 heterocycles. The molecule has 2 N–H and O–H groups in total. The van der Waals surface area contributed by atoms with Crippen LogP contribution >= 0.6 is 0 Å². The number of pyridine rings is 2. The van der Waals surface area contributed by atoms with E-state index in [4.69, 9.17) is 5.10 Å². The highest BCUT2D eigenvalue weighted by molar-refractivity contribution is 5.95. The van der Waals surface area contributed by atoms with Gasteiger partial charge in [0.1, 0.15) is 11.5 Å². The minimum absolute atomic E-state index is 0.254. The topological polar surface area (TPSA) is 88.0 Å². The van der Waals surface area contributed by atoms with Gasteiger partial charge in [-0.15, -0.1) is 5.10 Å². The van der Waals surface area contributed by atoms with E-state index in [9.17, 15) is 13.6 Å². The molecule has 3 aromatic heterocycles. The lowest BCUT2D eigenvalue weighted by molar-refractivity contribution is -0.114. The Labute approximate surface area is 185 Å². The second-order valence-corrected chi connectivity index (χ2v) is 8.53. The van der Waals surface area contributed by atoms with Crippen LogP contribution in [0.15, 0.2) is 30.5 Å². The summed E-state index contributed by atoms with van der Waals surface area (Å²) in [6, 6.07) is 6.86. The Kier molecular flexibility index (Phi) is 5.81. The van der Waals surface area contributed by atoms with Crippen LogP contribution in [0.1, 0.15) is 39.8 Å². The minimum Gasteiger partial charge on any atom is -0.353 e. The molecular weight excluding hydrogens is 416 g/mol. The van der Waals surface area contributed by atoms with E-state index in [1.165, 1.54) is 23.7 Å². The molecule has 1 atom stereocenters. The van der Waals surface area contributed by atoms with Crippen LogP contribution in [0, 0.1) is 0 Å². The van der Waals surface area contributed by atoms with Gasteiger partial charge in [0.15, 0.2) is 11.6 Å². The fourth-order valence-corrected chi connectivity index (χ4v) is 4.00. The van der Waals surface area contributed by atoms with Crippen molar-refractivity contribution in [1.82, 2.24) is 25.1 Å². The molecule has 1 aliphatic heterocycles. The Bertz CT molecular complexity index is 1140. The second-order valence-electron chi connectivity index (χ2n) is 8.53. The van der Waals surface area contributed by atoms with Gasteiger partial charge in [-0.05, 0) is 18.6 Å². The predicted molar refractivity (Wildman–Crippen MR) is 119 cm³/mol. The number of hydrogen-bond acceptors (Lipinski definition) is 6. The largest absolute Gasteiger partial charge is 0.353 e. The number of alkyl halides is 2. The average molecular weight is 444 g/mol. The van der Waals surface area contributed by atoms with Gasteiger partial charge < -0.3 is 15.5 Å². The molecule has 8 nitrogen and oxygen atoms in total. The quantitative estimate of drug-likeness (QED) is 0.607. The van der Waals surface area contributed by atoms with E-state index in [2.05, 4.69) is 39.3 Å². The molecule has 170 valence electrons. The summed E-state index contributed by atoms with van der Waals surface area (Å²) in [7, 11) is 0. The standard InChI is InChI=1S/C22H27F2N7O/c1-13(2)26-15-8-9-30(12-15)21-16-11-25-19(27-14(3)32)10-17(16)31(29-21)20-7-5-6-18(28-20)22(4,23)24/h5-7,10-11,13,15,26H,8-9,12H2,1-4H3,(H,25,27,32)/t15-/m1/s1. The number of nitrogens with one attached hydrogen (secondary N) is 2. The molecule has 1 fully saturated rings. The number of aromatic nitrogens is 4. The normalized spacial score (nSPS) is 16.8. The lowest BCUT2D eigenvalue weighted by Crippen LogP contribution is -2.37. The fourth-order valence-electron chi connectivity index (χ4n) is 4.00. The van der Waals surface area contributed by atoms with Gasteiger partial charge in [-0.3, -0.25) is 4.79 Å². The van der Waals surface area contributed by atoms with Crippen molar-refractivity contribution in [1.29, 1.82) is 0 Å². The molecule has 0 spiro atoms. The van der Waals surface area contributed by atoms with Crippen LogP contribution in [0.3, 0.4) is 0 Å². The highest BCUT2D eigenvalue weighted by atomic mass is 19.3. The summed E-state index contributed by atoms with van der Waals surface area (Å²) >= 11 is 0. The number of hydrogen-bond donors (Lipinski definition) is 2. The molecule has 0 unspecified atom stereocenters. The maximum absolute atomic E-state index is 13.9. The lowest BCUT2D eigenvalue weighted by Gasteiger charge is -2.18. The molecule has 0 saturated carbocycles. The zero-order valence-electron chi connectivity index (χ0n) is 18.6. The Morgan fingerprint density at radius 1 is 1.31 bits per heavy atom. The van der Waals surface area contributed by atoms with E-state index >= 15 is 0 Å². The van der Waals surface area contributed by atoms with Crippen LogP contribution in [0.25, 0.3) is 16.7 Å². The predicted octanol–water partition coefficient (Wildman–Crippen LogP) is 3.46.